The van der Waals surface area contributed by atoms with E-state index in [1.807, 2.05) is 28.4 Å². The van der Waals surface area contributed by atoms with Crippen molar-refractivity contribution in [3.63, 3.8) is 0 Å². The Hall–Kier alpha value is -1.49. The van der Waals surface area contributed by atoms with Crippen LogP contribution in [-0.4, -0.2) is 31.5 Å². The molecule has 2 aromatic rings. The molecule has 5 heteroatoms. The molecule has 3 rings (SSSR count). The fraction of sp³-hybridized carbons (Fsp3) is 0.429. The Morgan fingerprint density at radius 3 is 3.11 bits per heavy atom. The fourth-order valence-corrected chi connectivity index (χ4v) is 3.80. The highest BCUT2D eigenvalue weighted by Crippen LogP contribution is 2.27. The number of aromatic carboxylic acids is 1. The molecule has 3 heterocycles. The number of carboxylic acid groups (broad SMARTS) is 1. The maximum Gasteiger partial charge on any atom is 0.337 e. The summed E-state index contributed by atoms with van der Waals surface area (Å²) in [5.41, 5.74) is 1.27. The van der Waals surface area contributed by atoms with Gasteiger partial charge in [0.05, 0.1) is 17.3 Å². The Labute approximate surface area is 115 Å². The summed E-state index contributed by atoms with van der Waals surface area (Å²) in [4.78, 5) is 15.5. The van der Waals surface area contributed by atoms with E-state index >= 15 is 0 Å². The summed E-state index contributed by atoms with van der Waals surface area (Å²) >= 11 is 2.01. The lowest BCUT2D eigenvalue weighted by molar-refractivity contribution is 0.0696. The molecular formula is C14H16N2O2S. The van der Waals surface area contributed by atoms with E-state index in [9.17, 15) is 4.79 Å². The van der Waals surface area contributed by atoms with E-state index in [2.05, 4.69) is 4.98 Å². The molecular weight excluding hydrogens is 260 g/mol. The molecule has 1 N–H and O–H groups in total. The molecule has 0 bridgehead atoms. The Kier molecular flexibility index (Phi) is 3.46. The Morgan fingerprint density at radius 1 is 1.47 bits per heavy atom. The second kappa shape index (κ2) is 5.25. The lowest BCUT2D eigenvalue weighted by Crippen LogP contribution is -2.14. The minimum Gasteiger partial charge on any atom is -0.478 e. The van der Waals surface area contributed by atoms with E-state index in [0.29, 0.717) is 10.8 Å². The summed E-state index contributed by atoms with van der Waals surface area (Å²) in [6.45, 7) is 0. The van der Waals surface area contributed by atoms with Gasteiger partial charge in [-0.1, -0.05) is 6.42 Å². The topological polar surface area (TPSA) is 54.6 Å². The van der Waals surface area contributed by atoms with E-state index in [1.165, 1.54) is 25.0 Å². The molecule has 1 unspecified atom stereocenters. The highest BCUT2D eigenvalue weighted by atomic mass is 32.2. The van der Waals surface area contributed by atoms with Gasteiger partial charge >= 0.3 is 5.97 Å². The fourth-order valence-electron chi connectivity index (χ4n) is 2.49. The van der Waals surface area contributed by atoms with Crippen molar-refractivity contribution in [2.24, 2.45) is 0 Å². The molecule has 0 spiro atoms. The van der Waals surface area contributed by atoms with E-state index in [-0.39, 0.29) is 0 Å². The average molecular weight is 276 g/mol. The highest BCUT2D eigenvalue weighted by Gasteiger charge is 2.17. The van der Waals surface area contributed by atoms with Crippen LogP contribution in [0.25, 0.3) is 5.52 Å². The van der Waals surface area contributed by atoms with Crippen molar-refractivity contribution in [1.82, 2.24) is 9.38 Å². The van der Waals surface area contributed by atoms with Gasteiger partial charge in [0.25, 0.3) is 0 Å². The standard InChI is InChI=1S/C14H16N2O2S/c17-14(18)10-4-5-11-8-15-13(16(11)9-10)7-12-3-1-2-6-19-12/h4-5,8-9,12H,1-3,6-7H2,(H,17,18). The normalized spacial score (nSPS) is 19.7. The minimum atomic E-state index is -0.895. The van der Waals surface area contributed by atoms with Crippen molar-refractivity contribution in [2.75, 3.05) is 5.75 Å². The summed E-state index contributed by atoms with van der Waals surface area (Å²) in [5.74, 6) is 1.31. The molecule has 1 aliphatic rings. The van der Waals surface area contributed by atoms with E-state index < -0.39 is 5.97 Å². The molecule has 2 aromatic heterocycles. The Morgan fingerprint density at radius 2 is 2.37 bits per heavy atom. The zero-order valence-corrected chi connectivity index (χ0v) is 11.4. The van der Waals surface area contributed by atoms with Crippen molar-refractivity contribution in [3.8, 4) is 0 Å². The van der Waals surface area contributed by atoms with Crippen molar-refractivity contribution < 1.29 is 9.90 Å². The zero-order chi connectivity index (χ0) is 13.2. The third-order valence-electron chi connectivity index (χ3n) is 3.54. The van der Waals surface area contributed by atoms with E-state index in [0.717, 1.165) is 17.8 Å². The van der Waals surface area contributed by atoms with Gasteiger partial charge in [-0.05, 0) is 30.7 Å². The average Bonchev–Trinajstić information content (AvgIpc) is 2.82. The van der Waals surface area contributed by atoms with Crippen LogP contribution < -0.4 is 0 Å². The number of pyridine rings is 1. The monoisotopic (exact) mass is 276 g/mol. The van der Waals surface area contributed by atoms with Gasteiger partial charge in [-0.15, -0.1) is 0 Å². The number of aromatic nitrogens is 2. The van der Waals surface area contributed by atoms with E-state index in [4.69, 9.17) is 5.11 Å². The predicted octanol–water partition coefficient (Wildman–Crippen LogP) is 2.86. The van der Waals surface area contributed by atoms with Gasteiger partial charge in [0.1, 0.15) is 5.82 Å². The van der Waals surface area contributed by atoms with Crippen molar-refractivity contribution >= 4 is 23.2 Å². The molecule has 0 saturated carbocycles. The molecule has 100 valence electrons. The highest BCUT2D eigenvalue weighted by molar-refractivity contribution is 7.99. The molecule has 1 atom stereocenters. The van der Waals surface area contributed by atoms with Crippen molar-refractivity contribution in [1.29, 1.82) is 0 Å². The molecule has 1 saturated heterocycles. The van der Waals surface area contributed by atoms with Crippen molar-refractivity contribution in [2.45, 2.75) is 30.9 Å². The summed E-state index contributed by atoms with van der Waals surface area (Å²) in [5, 5.41) is 9.67. The second-order valence-electron chi connectivity index (χ2n) is 4.88. The number of nitrogens with zero attached hydrogens (tertiary/aromatic N) is 2. The number of rotatable bonds is 3. The van der Waals surface area contributed by atoms with Crippen LogP contribution in [-0.2, 0) is 6.42 Å². The van der Waals surface area contributed by atoms with Gasteiger partial charge in [0, 0.05) is 17.9 Å². The van der Waals surface area contributed by atoms with Crippen LogP contribution in [0.4, 0.5) is 0 Å². The van der Waals surface area contributed by atoms with E-state index in [1.54, 1.807) is 12.3 Å². The zero-order valence-electron chi connectivity index (χ0n) is 10.6. The number of fused-ring (bicyclic) bond motifs is 1. The predicted molar refractivity (Wildman–Crippen MR) is 76.0 cm³/mol. The summed E-state index contributed by atoms with van der Waals surface area (Å²) in [6, 6.07) is 3.44. The SMILES string of the molecule is O=C(O)c1ccc2cnc(CC3CCCCS3)n2c1. The summed E-state index contributed by atoms with van der Waals surface area (Å²) in [6.07, 6.45) is 8.25. The van der Waals surface area contributed by atoms with Crippen molar-refractivity contribution in [3.05, 3.63) is 35.9 Å². The molecule has 1 fully saturated rings. The molecule has 1 aliphatic heterocycles. The third kappa shape index (κ3) is 2.61. The molecule has 19 heavy (non-hydrogen) atoms. The first kappa shape index (κ1) is 12.5. The number of hydrogen-bond acceptors (Lipinski definition) is 3. The molecule has 0 aromatic carbocycles. The number of carboxylic acids is 1. The number of imidazole rings is 1. The second-order valence-corrected chi connectivity index (χ2v) is 6.29. The number of hydrogen-bond donors (Lipinski definition) is 1. The summed E-state index contributed by atoms with van der Waals surface area (Å²) in [7, 11) is 0. The lowest BCUT2D eigenvalue weighted by Gasteiger charge is -2.20. The van der Waals surface area contributed by atoms with Crippen LogP contribution in [0, 0.1) is 0 Å². The Bertz CT molecular complexity index is 603. The first-order chi connectivity index (χ1) is 9.24. The van der Waals surface area contributed by atoms with Gasteiger partial charge in [0.15, 0.2) is 0 Å². The first-order valence-corrected chi connectivity index (χ1v) is 7.60. The largest absolute Gasteiger partial charge is 0.478 e. The van der Waals surface area contributed by atoms with Crippen LogP contribution in [0.2, 0.25) is 0 Å². The lowest BCUT2D eigenvalue weighted by atomic mass is 10.1. The van der Waals surface area contributed by atoms with Gasteiger partial charge in [-0.3, -0.25) is 0 Å². The number of carbonyl (C=O) groups is 1. The van der Waals surface area contributed by atoms with Crippen LogP contribution in [0.3, 0.4) is 0 Å². The van der Waals surface area contributed by atoms with Crippen LogP contribution in [0.15, 0.2) is 24.5 Å². The minimum absolute atomic E-state index is 0.308. The van der Waals surface area contributed by atoms with Gasteiger partial charge in [-0.2, -0.15) is 11.8 Å². The third-order valence-corrected chi connectivity index (χ3v) is 4.93. The first-order valence-electron chi connectivity index (χ1n) is 6.55. The smallest absolute Gasteiger partial charge is 0.337 e. The van der Waals surface area contributed by atoms with Crippen LogP contribution in [0.5, 0.6) is 0 Å². The van der Waals surface area contributed by atoms with Crippen LogP contribution in [0.1, 0.15) is 35.4 Å². The molecule has 0 radical (unpaired) electrons. The quantitative estimate of drug-likeness (QED) is 0.936. The molecule has 0 aliphatic carbocycles. The number of thioether (sulfide) groups is 1. The Balaban J connectivity index is 1.89. The molecule has 4 nitrogen and oxygen atoms in total. The van der Waals surface area contributed by atoms with Crippen LogP contribution >= 0.6 is 11.8 Å². The summed E-state index contributed by atoms with van der Waals surface area (Å²) < 4.78 is 1.92. The van der Waals surface area contributed by atoms with Gasteiger partial charge in [-0.25, -0.2) is 9.78 Å². The maximum absolute atomic E-state index is 11.0. The molecule has 0 amide bonds. The maximum atomic E-state index is 11.0. The van der Waals surface area contributed by atoms with Gasteiger partial charge in [0.2, 0.25) is 0 Å². The van der Waals surface area contributed by atoms with Gasteiger partial charge < -0.3 is 9.51 Å².